The van der Waals surface area contributed by atoms with Gasteiger partial charge in [-0.3, -0.25) is 4.79 Å². The molecule has 0 radical (unpaired) electrons. The van der Waals surface area contributed by atoms with Crippen molar-refractivity contribution in [2.45, 2.75) is 39.2 Å². The van der Waals surface area contributed by atoms with Gasteiger partial charge in [0, 0.05) is 17.5 Å². The third-order valence-electron chi connectivity index (χ3n) is 4.66. The zero-order valence-corrected chi connectivity index (χ0v) is 15.5. The van der Waals surface area contributed by atoms with Gasteiger partial charge in [-0.15, -0.1) is 6.58 Å². The van der Waals surface area contributed by atoms with E-state index in [-0.39, 0.29) is 5.78 Å². The van der Waals surface area contributed by atoms with Crippen molar-refractivity contribution >= 4 is 22.8 Å². The van der Waals surface area contributed by atoms with Gasteiger partial charge < -0.3 is 10.1 Å². The number of rotatable bonds is 4. The molecule has 3 rings (SSSR count). The largest absolute Gasteiger partial charge is 0.442 e. The van der Waals surface area contributed by atoms with Gasteiger partial charge in [0.25, 0.3) is 0 Å². The van der Waals surface area contributed by atoms with E-state index in [0.717, 1.165) is 18.4 Å². The molecule has 6 nitrogen and oxygen atoms in total. The molecule has 1 unspecified atom stereocenters. The van der Waals surface area contributed by atoms with Gasteiger partial charge in [0.15, 0.2) is 5.78 Å². The van der Waals surface area contributed by atoms with Crippen LogP contribution in [0.2, 0.25) is 0 Å². The maximum Gasteiger partial charge on any atom is 0.435 e. The lowest BCUT2D eigenvalue weighted by atomic mass is 9.76. The Morgan fingerprint density at radius 3 is 2.81 bits per heavy atom. The Labute approximate surface area is 153 Å². The second-order valence-electron chi connectivity index (χ2n) is 7.84. The molecule has 1 aliphatic heterocycles. The average Bonchev–Trinajstić information content (AvgIpc) is 3.19. The molecular formula is C20H25N3O3. The van der Waals surface area contributed by atoms with Crippen molar-refractivity contribution in [3.8, 4) is 0 Å². The molecule has 2 heterocycles. The molecule has 1 aromatic heterocycles. The predicted octanol–water partition coefficient (Wildman–Crippen LogP) is 3.56. The highest BCUT2D eigenvalue weighted by atomic mass is 16.6. The molecule has 0 spiro atoms. The van der Waals surface area contributed by atoms with Crippen LogP contribution in [0.15, 0.2) is 37.1 Å². The molecule has 1 fully saturated rings. The van der Waals surface area contributed by atoms with E-state index < -0.39 is 17.1 Å². The van der Waals surface area contributed by atoms with Gasteiger partial charge in [0.2, 0.25) is 0 Å². The van der Waals surface area contributed by atoms with Gasteiger partial charge in [-0.25, -0.2) is 4.79 Å². The van der Waals surface area contributed by atoms with Gasteiger partial charge in [-0.1, -0.05) is 6.08 Å². The van der Waals surface area contributed by atoms with Gasteiger partial charge in [-0.2, -0.15) is 9.78 Å². The van der Waals surface area contributed by atoms with Crippen LogP contribution in [0.5, 0.6) is 0 Å². The van der Waals surface area contributed by atoms with Crippen molar-refractivity contribution in [3.63, 3.8) is 0 Å². The standard InChI is InChI=1S/C20H25N3O3/c1-5-8-20(9-10-21-13-20)17(24)14-6-7-16-15(11-14)12-22-23(16)18(25)26-19(2,3)4/h5-7,11-12,21H,1,8-10,13H2,2-4H3. The molecule has 1 saturated heterocycles. The first kappa shape index (κ1) is 18.3. The average molecular weight is 355 g/mol. The lowest BCUT2D eigenvalue weighted by Crippen LogP contribution is -2.33. The SMILES string of the molecule is C=CCC1(C(=O)c2ccc3c(cnn3C(=O)OC(C)(C)C)c2)CCNC1. The van der Waals surface area contributed by atoms with Crippen LogP contribution in [0, 0.1) is 5.41 Å². The smallest absolute Gasteiger partial charge is 0.435 e. The number of carbonyl (C=O) groups is 2. The van der Waals surface area contributed by atoms with Crippen molar-refractivity contribution in [1.29, 1.82) is 0 Å². The van der Waals surface area contributed by atoms with Crippen LogP contribution >= 0.6 is 0 Å². The number of Topliss-reactive ketones (excluding diaryl/α,β-unsaturated/α-hetero) is 1. The molecule has 138 valence electrons. The van der Waals surface area contributed by atoms with E-state index in [0.29, 0.717) is 24.0 Å². The summed E-state index contributed by atoms with van der Waals surface area (Å²) in [7, 11) is 0. The molecule has 1 aromatic carbocycles. The molecule has 1 N–H and O–H groups in total. The van der Waals surface area contributed by atoms with Crippen LogP contribution in [0.3, 0.4) is 0 Å². The summed E-state index contributed by atoms with van der Waals surface area (Å²) in [6.07, 6.45) is 4.31. The lowest BCUT2D eigenvalue weighted by molar-refractivity contribution is 0.0522. The summed E-state index contributed by atoms with van der Waals surface area (Å²) < 4.78 is 6.60. The minimum atomic E-state index is -0.599. The Bertz CT molecular complexity index is 855. The molecule has 2 aromatic rings. The molecule has 0 saturated carbocycles. The number of fused-ring (bicyclic) bond motifs is 1. The van der Waals surface area contributed by atoms with Crippen molar-refractivity contribution < 1.29 is 14.3 Å². The Morgan fingerprint density at radius 2 is 2.19 bits per heavy atom. The third-order valence-corrected chi connectivity index (χ3v) is 4.66. The fourth-order valence-electron chi connectivity index (χ4n) is 3.41. The zero-order chi connectivity index (χ0) is 18.9. The highest BCUT2D eigenvalue weighted by Crippen LogP contribution is 2.34. The molecule has 6 heteroatoms. The van der Waals surface area contributed by atoms with Crippen LogP contribution in [0.1, 0.15) is 44.0 Å². The zero-order valence-electron chi connectivity index (χ0n) is 15.5. The number of ether oxygens (including phenoxy) is 1. The highest BCUT2D eigenvalue weighted by Gasteiger charge is 2.40. The number of hydrogen-bond acceptors (Lipinski definition) is 5. The minimum Gasteiger partial charge on any atom is -0.442 e. The Balaban J connectivity index is 1.92. The van der Waals surface area contributed by atoms with Gasteiger partial charge >= 0.3 is 6.09 Å². The number of nitrogens with one attached hydrogen (secondary N) is 1. The fraction of sp³-hybridized carbons (Fsp3) is 0.450. The fourth-order valence-corrected chi connectivity index (χ4v) is 3.41. The quantitative estimate of drug-likeness (QED) is 0.670. The van der Waals surface area contributed by atoms with Crippen molar-refractivity contribution in [2.75, 3.05) is 13.1 Å². The maximum absolute atomic E-state index is 13.1. The Kier molecular flexibility index (Phi) is 4.71. The van der Waals surface area contributed by atoms with Crippen molar-refractivity contribution in [1.82, 2.24) is 15.1 Å². The van der Waals surface area contributed by atoms with E-state index in [2.05, 4.69) is 17.0 Å². The molecule has 1 aliphatic rings. The maximum atomic E-state index is 13.1. The summed E-state index contributed by atoms with van der Waals surface area (Å²) in [5, 5.41) is 8.15. The predicted molar refractivity (Wildman–Crippen MR) is 100 cm³/mol. The monoisotopic (exact) mass is 355 g/mol. The van der Waals surface area contributed by atoms with E-state index in [9.17, 15) is 9.59 Å². The number of nitrogens with zero attached hydrogens (tertiary/aromatic N) is 2. The first-order valence-electron chi connectivity index (χ1n) is 8.83. The number of carbonyl (C=O) groups excluding carboxylic acids is 2. The van der Waals surface area contributed by atoms with Crippen LogP contribution < -0.4 is 5.32 Å². The summed E-state index contributed by atoms with van der Waals surface area (Å²) in [5.74, 6) is 0.106. The van der Waals surface area contributed by atoms with Crippen molar-refractivity contribution in [2.24, 2.45) is 5.41 Å². The number of aromatic nitrogens is 2. The second kappa shape index (κ2) is 6.68. The molecule has 26 heavy (non-hydrogen) atoms. The van der Waals surface area contributed by atoms with Gasteiger partial charge in [0.1, 0.15) is 5.60 Å². The molecule has 0 bridgehead atoms. The van der Waals surface area contributed by atoms with Crippen LogP contribution in [-0.2, 0) is 4.74 Å². The molecule has 0 amide bonds. The molecular weight excluding hydrogens is 330 g/mol. The van der Waals surface area contributed by atoms with E-state index in [4.69, 9.17) is 4.74 Å². The van der Waals surface area contributed by atoms with Crippen LogP contribution in [0.25, 0.3) is 10.9 Å². The third kappa shape index (κ3) is 3.42. The second-order valence-corrected chi connectivity index (χ2v) is 7.84. The summed E-state index contributed by atoms with van der Waals surface area (Å²) in [6.45, 7) is 10.7. The molecule has 0 aliphatic carbocycles. The first-order valence-corrected chi connectivity index (χ1v) is 8.83. The number of hydrogen-bond donors (Lipinski definition) is 1. The normalized spacial score (nSPS) is 20.3. The lowest BCUT2D eigenvalue weighted by Gasteiger charge is -2.25. The van der Waals surface area contributed by atoms with Crippen molar-refractivity contribution in [3.05, 3.63) is 42.6 Å². The first-order chi connectivity index (χ1) is 12.3. The Morgan fingerprint density at radius 1 is 1.42 bits per heavy atom. The number of allylic oxidation sites excluding steroid dienone is 1. The minimum absolute atomic E-state index is 0.106. The van der Waals surface area contributed by atoms with Crippen LogP contribution in [-0.4, -0.2) is 40.3 Å². The van der Waals surface area contributed by atoms with Gasteiger partial charge in [0.05, 0.1) is 17.1 Å². The van der Waals surface area contributed by atoms with Crippen LogP contribution in [0.4, 0.5) is 4.79 Å². The number of benzene rings is 1. The summed E-state index contributed by atoms with van der Waals surface area (Å²) in [4.78, 5) is 25.4. The summed E-state index contributed by atoms with van der Waals surface area (Å²) in [6, 6.07) is 5.31. The van der Waals surface area contributed by atoms with E-state index in [1.807, 2.05) is 26.8 Å². The Hall–Kier alpha value is -2.47. The van der Waals surface area contributed by atoms with Gasteiger partial charge in [-0.05, 0) is 58.4 Å². The molecule has 1 atom stereocenters. The van der Waals surface area contributed by atoms with E-state index in [1.165, 1.54) is 4.68 Å². The van der Waals surface area contributed by atoms with E-state index >= 15 is 0 Å². The summed E-state index contributed by atoms with van der Waals surface area (Å²) in [5.41, 5.74) is 0.221. The number of ketones is 1. The van der Waals surface area contributed by atoms with E-state index in [1.54, 1.807) is 24.4 Å². The highest BCUT2D eigenvalue weighted by molar-refractivity contribution is 6.04. The summed E-state index contributed by atoms with van der Waals surface area (Å²) >= 11 is 0. The topological polar surface area (TPSA) is 73.2 Å².